The fraction of sp³-hybridized carbons (Fsp3) is 0.188. The van der Waals surface area contributed by atoms with E-state index in [4.69, 9.17) is 11.5 Å². The van der Waals surface area contributed by atoms with Crippen LogP contribution >= 0.6 is 15.9 Å². The SMILES string of the molecule is NC(=O)c1ccc(Br)cc1N1CCc2cccc(N)c2C1. The second kappa shape index (κ2) is 5.41. The number of carbonyl (C=O) groups excluding carboxylic acids is 1. The molecule has 0 unspecified atom stereocenters. The number of primary amides is 1. The Labute approximate surface area is 131 Å². The van der Waals surface area contributed by atoms with Gasteiger partial charge in [-0.25, -0.2) is 0 Å². The van der Waals surface area contributed by atoms with Gasteiger partial charge in [0.15, 0.2) is 0 Å². The lowest BCUT2D eigenvalue weighted by molar-refractivity contribution is 0.100. The first-order chi connectivity index (χ1) is 10.1. The van der Waals surface area contributed by atoms with Gasteiger partial charge in [-0.05, 0) is 41.8 Å². The molecule has 3 rings (SSSR count). The number of hydrogen-bond donors (Lipinski definition) is 2. The van der Waals surface area contributed by atoms with Crippen LogP contribution in [-0.2, 0) is 13.0 Å². The van der Waals surface area contributed by atoms with E-state index in [-0.39, 0.29) is 0 Å². The van der Waals surface area contributed by atoms with Gasteiger partial charge in [-0.15, -0.1) is 0 Å². The van der Waals surface area contributed by atoms with Crippen LogP contribution in [0.4, 0.5) is 11.4 Å². The van der Waals surface area contributed by atoms with Crippen molar-refractivity contribution in [1.82, 2.24) is 0 Å². The smallest absolute Gasteiger partial charge is 0.250 e. The highest BCUT2D eigenvalue weighted by Crippen LogP contribution is 2.31. The molecule has 21 heavy (non-hydrogen) atoms. The summed E-state index contributed by atoms with van der Waals surface area (Å²) >= 11 is 3.45. The molecule has 4 nitrogen and oxygen atoms in total. The lowest BCUT2D eigenvalue weighted by atomic mass is 9.97. The lowest BCUT2D eigenvalue weighted by Crippen LogP contribution is -2.32. The minimum absolute atomic E-state index is 0.413. The van der Waals surface area contributed by atoms with Crippen molar-refractivity contribution in [3.63, 3.8) is 0 Å². The second-order valence-corrected chi connectivity index (χ2v) is 6.10. The van der Waals surface area contributed by atoms with Crippen molar-refractivity contribution in [2.45, 2.75) is 13.0 Å². The van der Waals surface area contributed by atoms with Crippen molar-refractivity contribution in [3.05, 3.63) is 57.6 Å². The highest BCUT2D eigenvalue weighted by molar-refractivity contribution is 9.10. The summed E-state index contributed by atoms with van der Waals surface area (Å²) in [6, 6.07) is 11.5. The van der Waals surface area contributed by atoms with Crippen LogP contribution in [0.3, 0.4) is 0 Å². The Morgan fingerprint density at radius 3 is 2.81 bits per heavy atom. The number of anilines is 2. The summed E-state index contributed by atoms with van der Waals surface area (Å²) in [5.74, 6) is -0.413. The number of nitrogens with zero attached hydrogens (tertiary/aromatic N) is 1. The lowest BCUT2D eigenvalue weighted by Gasteiger charge is -2.32. The molecule has 0 saturated heterocycles. The van der Waals surface area contributed by atoms with E-state index in [0.717, 1.165) is 34.4 Å². The summed E-state index contributed by atoms with van der Waals surface area (Å²) < 4.78 is 0.925. The van der Waals surface area contributed by atoms with Crippen molar-refractivity contribution in [1.29, 1.82) is 0 Å². The van der Waals surface area contributed by atoms with Crippen LogP contribution in [0.1, 0.15) is 21.5 Å². The molecule has 4 N–H and O–H groups in total. The van der Waals surface area contributed by atoms with Crippen molar-refractivity contribution in [3.8, 4) is 0 Å². The number of carbonyl (C=O) groups is 1. The van der Waals surface area contributed by atoms with Crippen LogP contribution in [0, 0.1) is 0 Å². The molecule has 0 fully saturated rings. The Hall–Kier alpha value is -2.01. The van der Waals surface area contributed by atoms with Gasteiger partial charge in [0, 0.05) is 23.2 Å². The number of nitrogen functional groups attached to an aromatic ring is 1. The van der Waals surface area contributed by atoms with E-state index in [1.54, 1.807) is 6.07 Å². The minimum atomic E-state index is -0.413. The van der Waals surface area contributed by atoms with E-state index in [9.17, 15) is 4.79 Å². The number of hydrogen-bond acceptors (Lipinski definition) is 3. The Morgan fingerprint density at radius 2 is 2.05 bits per heavy atom. The average Bonchev–Trinajstić information content (AvgIpc) is 2.47. The first kappa shape index (κ1) is 13.9. The van der Waals surface area contributed by atoms with Crippen LogP contribution in [0.5, 0.6) is 0 Å². The van der Waals surface area contributed by atoms with E-state index in [2.05, 4.69) is 26.9 Å². The standard InChI is InChI=1S/C16H16BrN3O/c17-11-4-5-12(16(19)21)15(8-11)20-7-6-10-2-1-3-14(18)13(10)9-20/h1-5,8H,6-7,9,18H2,(H2,19,21). The van der Waals surface area contributed by atoms with Crippen molar-refractivity contribution in [2.75, 3.05) is 17.2 Å². The molecule has 1 heterocycles. The Morgan fingerprint density at radius 1 is 1.24 bits per heavy atom. The zero-order valence-electron chi connectivity index (χ0n) is 11.5. The van der Waals surface area contributed by atoms with Gasteiger partial charge in [0.25, 0.3) is 5.91 Å². The molecule has 0 spiro atoms. The monoisotopic (exact) mass is 345 g/mol. The third-order valence-electron chi connectivity index (χ3n) is 3.88. The number of halogens is 1. The Balaban J connectivity index is 2.02. The number of amides is 1. The summed E-state index contributed by atoms with van der Waals surface area (Å²) in [6.07, 6.45) is 0.908. The number of rotatable bonds is 2. The average molecular weight is 346 g/mol. The summed E-state index contributed by atoms with van der Waals surface area (Å²) in [4.78, 5) is 13.8. The van der Waals surface area contributed by atoms with Crippen LogP contribution in [0.25, 0.3) is 0 Å². The molecule has 0 saturated carbocycles. The molecule has 2 aromatic carbocycles. The zero-order chi connectivity index (χ0) is 15.0. The van der Waals surface area contributed by atoms with Gasteiger partial charge in [0.2, 0.25) is 0 Å². The van der Waals surface area contributed by atoms with Crippen LogP contribution in [0.2, 0.25) is 0 Å². The molecule has 1 aliphatic rings. The maximum atomic E-state index is 11.6. The summed E-state index contributed by atoms with van der Waals surface area (Å²) in [7, 11) is 0. The zero-order valence-corrected chi connectivity index (χ0v) is 13.1. The molecular weight excluding hydrogens is 330 g/mol. The van der Waals surface area contributed by atoms with Gasteiger partial charge in [-0.2, -0.15) is 0 Å². The molecule has 1 amide bonds. The second-order valence-electron chi connectivity index (χ2n) is 5.18. The normalized spacial score (nSPS) is 13.9. The molecule has 2 aromatic rings. The van der Waals surface area contributed by atoms with E-state index >= 15 is 0 Å². The van der Waals surface area contributed by atoms with Crippen molar-refractivity contribution in [2.24, 2.45) is 5.73 Å². The molecule has 108 valence electrons. The van der Waals surface area contributed by atoms with Crippen LogP contribution in [-0.4, -0.2) is 12.5 Å². The first-order valence-electron chi connectivity index (χ1n) is 6.77. The van der Waals surface area contributed by atoms with Crippen LogP contribution < -0.4 is 16.4 Å². The van der Waals surface area contributed by atoms with Gasteiger partial charge in [-0.3, -0.25) is 4.79 Å². The summed E-state index contributed by atoms with van der Waals surface area (Å²) in [5.41, 5.74) is 16.2. The number of nitrogens with two attached hydrogens (primary N) is 2. The van der Waals surface area contributed by atoms with Gasteiger partial charge in [-0.1, -0.05) is 28.1 Å². The maximum Gasteiger partial charge on any atom is 0.250 e. The third-order valence-corrected chi connectivity index (χ3v) is 4.37. The first-order valence-corrected chi connectivity index (χ1v) is 7.56. The van der Waals surface area contributed by atoms with Crippen LogP contribution in [0.15, 0.2) is 40.9 Å². The van der Waals surface area contributed by atoms with Gasteiger partial charge in [0.1, 0.15) is 0 Å². The summed E-state index contributed by atoms with van der Waals surface area (Å²) in [6.45, 7) is 1.53. The fourth-order valence-electron chi connectivity index (χ4n) is 2.79. The Kier molecular flexibility index (Phi) is 3.59. The molecule has 1 aliphatic heterocycles. The highest BCUT2D eigenvalue weighted by Gasteiger charge is 2.21. The molecule has 0 bridgehead atoms. The van der Waals surface area contributed by atoms with Crippen molar-refractivity contribution < 1.29 is 4.79 Å². The van der Waals surface area contributed by atoms with E-state index in [0.29, 0.717) is 12.1 Å². The molecular formula is C16H16BrN3O. The number of benzene rings is 2. The largest absolute Gasteiger partial charge is 0.398 e. The Bertz CT molecular complexity index is 715. The molecule has 0 atom stereocenters. The number of fused-ring (bicyclic) bond motifs is 1. The van der Waals surface area contributed by atoms with Gasteiger partial charge in [0.05, 0.1) is 11.3 Å². The molecule has 0 aliphatic carbocycles. The van der Waals surface area contributed by atoms with E-state index in [1.807, 2.05) is 24.3 Å². The molecule has 0 radical (unpaired) electrons. The topological polar surface area (TPSA) is 72.4 Å². The molecule has 5 heteroatoms. The predicted octanol–water partition coefficient (Wildman–Crippen LogP) is 2.69. The van der Waals surface area contributed by atoms with E-state index in [1.165, 1.54) is 5.56 Å². The third kappa shape index (κ3) is 2.61. The van der Waals surface area contributed by atoms with Gasteiger partial charge < -0.3 is 16.4 Å². The van der Waals surface area contributed by atoms with Gasteiger partial charge >= 0.3 is 0 Å². The highest BCUT2D eigenvalue weighted by atomic mass is 79.9. The summed E-state index contributed by atoms with van der Waals surface area (Å²) in [5, 5.41) is 0. The quantitative estimate of drug-likeness (QED) is 0.822. The molecule has 0 aromatic heterocycles. The van der Waals surface area contributed by atoms with Crippen molar-refractivity contribution >= 4 is 33.2 Å². The predicted molar refractivity (Wildman–Crippen MR) is 88.3 cm³/mol. The maximum absolute atomic E-state index is 11.6. The minimum Gasteiger partial charge on any atom is -0.398 e. The fourth-order valence-corrected chi connectivity index (χ4v) is 3.14. The van der Waals surface area contributed by atoms with E-state index < -0.39 is 5.91 Å².